The van der Waals surface area contributed by atoms with Crippen molar-refractivity contribution in [3.63, 3.8) is 0 Å². The molecule has 2 aromatic rings. The summed E-state index contributed by atoms with van der Waals surface area (Å²) in [6.45, 7) is 6.87. The van der Waals surface area contributed by atoms with Crippen LogP contribution in [0.5, 0.6) is 11.5 Å². The molecule has 7 heteroatoms. The molecule has 2 aromatic carbocycles. The van der Waals surface area contributed by atoms with Gasteiger partial charge in [0.25, 0.3) is 5.91 Å². The molecule has 2 saturated heterocycles. The fourth-order valence-electron chi connectivity index (χ4n) is 4.38. The first-order valence-electron chi connectivity index (χ1n) is 11.3. The van der Waals surface area contributed by atoms with Crippen molar-refractivity contribution in [3.05, 3.63) is 59.7 Å². The first-order chi connectivity index (χ1) is 15.7. The number of carbonyl (C=O) groups is 1. The molecule has 0 aromatic heterocycles. The van der Waals surface area contributed by atoms with E-state index in [1.54, 1.807) is 7.11 Å². The minimum absolute atomic E-state index is 0.0139. The van der Waals surface area contributed by atoms with E-state index < -0.39 is 0 Å². The lowest BCUT2D eigenvalue weighted by Gasteiger charge is -2.40. The summed E-state index contributed by atoms with van der Waals surface area (Å²) in [7, 11) is 3.79. The predicted octanol–water partition coefficient (Wildman–Crippen LogP) is 2.54. The largest absolute Gasteiger partial charge is 0.496 e. The third kappa shape index (κ3) is 5.23. The highest BCUT2D eigenvalue weighted by Gasteiger charge is 2.31. The Morgan fingerprint density at radius 2 is 1.72 bits per heavy atom. The molecule has 32 heavy (non-hydrogen) atoms. The Morgan fingerprint density at radius 1 is 1.00 bits per heavy atom. The summed E-state index contributed by atoms with van der Waals surface area (Å²) in [4.78, 5) is 20.0. The molecule has 0 spiro atoms. The van der Waals surface area contributed by atoms with E-state index in [1.165, 1.54) is 0 Å². The number of hydrogen-bond acceptors (Lipinski definition) is 6. The van der Waals surface area contributed by atoms with Crippen molar-refractivity contribution in [2.75, 3.05) is 73.2 Å². The van der Waals surface area contributed by atoms with Gasteiger partial charge in [-0.1, -0.05) is 30.3 Å². The Bertz CT molecular complexity index is 900. The van der Waals surface area contributed by atoms with Crippen LogP contribution in [0.25, 0.3) is 0 Å². The summed E-state index contributed by atoms with van der Waals surface area (Å²) < 4.78 is 17.0. The van der Waals surface area contributed by atoms with Gasteiger partial charge in [0.2, 0.25) is 0 Å². The second kappa shape index (κ2) is 10.8. The molecule has 2 aliphatic heterocycles. The minimum Gasteiger partial charge on any atom is -0.496 e. The van der Waals surface area contributed by atoms with Gasteiger partial charge >= 0.3 is 0 Å². The van der Waals surface area contributed by atoms with Crippen molar-refractivity contribution >= 4 is 5.91 Å². The summed E-state index contributed by atoms with van der Waals surface area (Å²) >= 11 is 0. The molecule has 0 bridgehead atoms. The number of piperazine rings is 1. The van der Waals surface area contributed by atoms with Gasteiger partial charge in [-0.05, 0) is 25.2 Å². The average molecular weight is 440 g/mol. The lowest BCUT2D eigenvalue weighted by molar-refractivity contribution is 0.0321. The summed E-state index contributed by atoms with van der Waals surface area (Å²) in [6, 6.07) is 15.7. The van der Waals surface area contributed by atoms with Crippen molar-refractivity contribution in [1.82, 2.24) is 14.7 Å². The molecule has 2 fully saturated rings. The Hall–Kier alpha value is -2.61. The number of hydrogen-bond donors (Lipinski definition) is 0. The lowest BCUT2D eigenvalue weighted by Crippen LogP contribution is -2.49. The van der Waals surface area contributed by atoms with Crippen LogP contribution in [0.1, 0.15) is 22.0 Å². The van der Waals surface area contributed by atoms with E-state index >= 15 is 0 Å². The number of carbonyl (C=O) groups excluding carboxylic acids is 1. The number of benzene rings is 2. The number of morpholine rings is 1. The number of nitrogens with zero attached hydrogens (tertiary/aromatic N) is 3. The van der Waals surface area contributed by atoms with Gasteiger partial charge in [-0.15, -0.1) is 0 Å². The second-order valence-corrected chi connectivity index (χ2v) is 8.29. The zero-order chi connectivity index (χ0) is 22.3. The maximum atomic E-state index is 13.5. The predicted molar refractivity (Wildman–Crippen MR) is 123 cm³/mol. The van der Waals surface area contributed by atoms with Crippen LogP contribution in [0.4, 0.5) is 0 Å². The Balaban J connectivity index is 1.44. The van der Waals surface area contributed by atoms with Gasteiger partial charge in [-0.3, -0.25) is 14.6 Å². The highest BCUT2D eigenvalue weighted by molar-refractivity contribution is 5.97. The van der Waals surface area contributed by atoms with Gasteiger partial charge in [0, 0.05) is 44.8 Å². The molecule has 7 nitrogen and oxygen atoms in total. The number of rotatable bonds is 7. The van der Waals surface area contributed by atoms with E-state index in [-0.39, 0.29) is 11.9 Å². The van der Waals surface area contributed by atoms with Crippen molar-refractivity contribution in [2.45, 2.75) is 6.04 Å². The first-order valence-corrected chi connectivity index (χ1v) is 11.3. The Kier molecular flexibility index (Phi) is 7.63. The van der Waals surface area contributed by atoms with Gasteiger partial charge in [0.1, 0.15) is 18.1 Å². The van der Waals surface area contributed by atoms with Crippen LogP contribution in [-0.2, 0) is 4.74 Å². The minimum atomic E-state index is 0.0139. The molecule has 0 N–H and O–H groups in total. The molecule has 0 aliphatic carbocycles. The number of ether oxygens (including phenoxy) is 3. The molecule has 2 heterocycles. The number of amides is 1. The van der Waals surface area contributed by atoms with Crippen LogP contribution in [0.3, 0.4) is 0 Å². The van der Waals surface area contributed by atoms with E-state index in [9.17, 15) is 4.79 Å². The fourth-order valence-corrected chi connectivity index (χ4v) is 4.38. The normalized spacial score (nSPS) is 20.2. The topological polar surface area (TPSA) is 54.5 Å². The standard InChI is InChI=1S/C25H33N3O4/c1-26-11-12-28(19-22(26)20-7-3-5-9-23(20)30-2)25(29)21-8-4-6-10-24(21)32-18-15-27-13-16-31-17-14-27/h3-10,22H,11-19H2,1-2H3/t22-/m1/s1. The average Bonchev–Trinajstić information content (AvgIpc) is 2.85. The van der Waals surface area contributed by atoms with Gasteiger partial charge in [0.05, 0.1) is 31.9 Å². The van der Waals surface area contributed by atoms with Gasteiger partial charge in [0.15, 0.2) is 0 Å². The molecule has 1 atom stereocenters. The monoisotopic (exact) mass is 439 g/mol. The molecule has 4 rings (SSSR count). The van der Waals surface area contributed by atoms with Gasteiger partial charge in [-0.2, -0.15) is 0 Å². The molecular weight excluding hydrogens is 406 g/mol. The van der Waals surface area contributed by atoms with Crippen molar-refractivity contribution in [1.29, 1.82) is 0 Å². The summed E-state index contributed by atoms with van der Waals surface area (Å²) in [5, 5.41) is 0. The number of para-hydroxylation sites is 2. The quantitative estimate of drug-likeness (QED) is 0.661. The maximum absolute atomic E-state index is 13.5. The van der Waals surface area contributed by atoms with Crippen LogP contribution in [0.15, 0.2) is 48.5 Å². The molecule has 172 valence electrons. The zero-order valence-electron chi connectivity index (χ0n) is 19.0. The molecule has 0 saturated carbocycles. The van der Waals surface area contributed by atoms with E-state index in [4.69, 9.17) is 14.2 Å². The van der Waals surface area contributed by atoms with Crippen LogP contribution in [-0.4, -0.2) is 93.9 Å². The van der Waals surface area contributed by atoms with E-state index in [1.807, 2.05) is 47.4 Å². The number of likely N-dealkylation sites (N-methyl/N-ethyl adjacent to an activating group) is 1. The van der Waals surface area contributed by atoms with Gasteiger partial charge < -0.3 is 19.1 Å². The van der Waals surface area contributed by atoms with E-state index in [2.05, 4.69) is 22.9 Å². The Morgan fingerprint density at radius 3 is 2.50 bits per heavy atom. The molecular formula is C25H33N3O4. The SMILES string of the molecule is COc1ccccc1[C@H]1CN(C(=O)c2ccccc2OCCN2CCOCC2)CCN1C. The molecule has 1 amide bonds. The van der Waals surface area contributed by atoms with Crippen LogP contribution >= 0.6 is 0 Å². The zero-order valence-corrected chi connectivity index (χ0v) is 19.0. The summed E-state index contributed by atoms with van der Waals surface area (Å²) in [6.07, 6.45) is 0. The van der Waals surface area contributed by atoms with Crippen LogP contribution < -0.4 is 9.47 Å². The Labute approximate surface area is 190 Å². The molecule has 0 radical (unpaired) electrons. The van der Waals surface area contributed by atoms with E-state index in [0.29, 0.717) is 31.0 Å². The molecule has 0 unspecified atom stereocenters. The highest BCUT2D eigenvalue weighted by Crippen LogP contribution is 2.32. The third-order valence-electron chi connectivity index (χ3n) is 6.32. The van der Waals surface area contributed by atoms with Crippen molar-refractivity contribution in [2.24, 2.45) is 0 Å². The third-order valence-corrected chi connectivity index (χ3v) is 6.32. The summed E-state index contributed by atoms with van der Waals surface area (Å²) in [5.41, 5.74) is 1.72. The van der Waals surface area contributed by atoms with Crippen molar-refractivity contribution < 1.29 is 19.0 Å². The van der Waals surface area contributed by atoms with Gasteiger partial charge in [-0.25, -0.2) is 0 Å². The smallest absolute Gasteiger partial charge is 0.257 e. The fraction of sp³-hybridized carbons (Fsp3) is 0.480. The van der Waals surface area contributed by atoms with Crippen LogP contribution in [0.2, 0.25) is 0 Å². The number of methoxy groups -OCH3 is 1. The first kappa shape index (κ1) is 22.6. The van der Waals surface area contributed by atoms with Crippen molar-refractivity contribution in [3.8, 4) is 11.5 Å². The summed E-state index contributed by atoms with van der Waals surface area (Å²) in [5.74, 6) is 1.52. The van der Waals surface area contributed by atoms with Crippen LogP contribution in [0, 0.1) is 0 Å². The lowest BCUT2D eigenvalue weighted by atomic mass is 10.0. The van der Waals surface area contributed by atoms with E-state index in [0.717, 1.165) is 50.7 Å². The maximum Gasteiger partial charge on any atom is 0.257 e. The second-order valence-electron chi connectivity index (χ2n) is 8.29. The highest BCUT2D eigenvalue weighted by atomic mass is 16.5. The molecule has 2 aliphatic rings.